The van der Waals surface area contributed by atoms with E-state index in [9.17, 15) is 0 Å². The molecule has 2 heterocycles. The summed E-state index contributed by atoms with van der Waals surface area (Å²) in [5.74, 6) is 0. The van der Waals surface area contributed by atoms with Crippen molar-refractivity contribution in [3.63, 3.8) is 0 Å². The Labute approximate surface area is 81.9 Å². The van der Waals surface area contributed by atoms with Gasteiger partial charge in [0.1, 0.15) is 5.69 Å². The van der Waals surface area contributed by atoms with Crippen molar-refractivity contribution in [3.05, 3.63) is 48.6 Å². The minimum Gasteiger partial charge on any atom is -0.259 e. The molecule has 0 aliphatic rings. The standard InChI is InChI=1S/C10H10N4/c1-2-9-7-14(13-12-9)8-10-5-3-4-6-11-10/h2-7H,1,8H2. The molecular formula is C10H10N4. The molecule has 14 heavy (non-hydrogen) atoms. The fourth-order valence-corrected chi connectivity index (χ4v) is 1.14. The molecule has 2 aromatic rings. The lowest BCUT2D eigenvalue weighted by Crippen LogP contribution is -2.01. The van der Waals surface area contributed by atoms with Crippen molar-refractivity contribution in [2.75, 3.05) is 0 Å². The third kappa shape index (κ3) is 1.85. The van der Waals surface area contributed by atoms with Crippen LogP contribution in [-0.2, 0) is 6.54 Å². The van der Waals surface area contributed by atoms with Gasteiger partial charge in [-0.3, -0.25) is 4.98 Å². The molecule has 0 saturated carbocycles. The van der Waals surface area contributed by atoms with Gasteiger partial charge in [-0.15, -0.1) is 5.10 Å². The van der Waals surface area contributed by atoms with E-state index in [0.29, 0.717) is 6.54 Å². The quantitative estimate of drug-likeness (QED) is 0.727. The van der Waals surface area contributed by atoms with E-state index in [1.807, 2.05) is 24.4 Å². The van der Waals surface area contributed by atoms with Crippen molar-refractivity contribution < 1.29 is 0 Å². The first kappa shape index (κ1) is 8.62. The van der Waals surface area contributed by atoms with Crippen molar-refractivity contribution in [1.29, 1.82) is 0 Å². The van der Waals surface area contributed by atoms with Crippen molar-refractivity contribution >= 4 is 6.08 Å². The predicted molar refractivity (Wildman–Crippen MR) is 53.5 cm³/mol. The Morgan fingerprint density at radius 2 is 2.36 bits per heavy atom. The van der Waals surface area contributed by atoms with Gasteiger partial charge >= 0.3 is 0 Å². The zero-order valence-corrected chi connectivity index (χ0v) is 7.67. The van der Waals surface area contributed by atoms with Crippen LogP contribution in [-0.4, -0.2) is 20.0 Å². The first-order valence-electron chi connectivity index (χ1n) is 4.31. The van der Waals surface area contributed by atoms with Crippen LogP contribution in [0.25, 0.3) is 6.08 Å². The van der Waals surface area contributed by atoms with Gasteiger partial charge in [0, 0.05) is 6.20 Å². The van der Waals surface area contributed by atoms with E-state index in [2.05, 4.69) is 21.9 Å². The average Bonchev–Trinajstić information content (AvgIpc) is 2.67. The lowest BCUT2D eigenvalue weighted by Gasteiger charge is -1.97. The highest BCUT2D eigenvalue weighted by atomic mass is 15.4. The molecule has 0 amide bonds. The molecule has 0 radical (unpaired) electrons. The maximum Gasteiger partial charge on any atom is 0.105 e. The number of aromatic nitrogens is 4. The first-order valence-corrected chi connectivity index (χ1v) is 4.31. The van der Waals surface area contributed by atoms with Gasteiger partial charge in [0.05, 0.1) is 18.4 Å². The first-order chi connectivity index (χ1) is 6.88. The van der Waals surface area contributed by atoms with E-state index in [1.54, 1.807) is 17.0 Å². The van der Waals surface area contributed by atoms with E-state index < -0.39 is 0 Å². The lowest BCUT2D eigenvalue weighted by molar-refractivity contribution is 0.638. The molecule has 4 nitrogen and oxygen atoms in total. The summed E-state index contributed by atoms with van der Waals surface area (Å²) >= 11 is 0. The van der Waals surface area contributed by atoms with E-state index >= 15 is 0 Å². The van der Waals surface area contributed by atoms with Crippen molar-refractivity contribution in [1.82, 2.24) is 20.0 Å². The fraction of sp³-hybridized carbons (Fsp3) is 0.100. The zero-order valence-electron chi connectivity index (χ0n) is 7.67. The van der Waals surface area contributed by atoms with Crippen molar-refractivity contribution in [2.45, 2.75) is 6.54 Å². The van der Waals surface area contributed by atoms with Gasteiger partial charge in [0.25, 0.3) is 0 Å². The van der Waals surface area contributed by atoms with Crippen LogP contribution in [0.4, 0.5) is 0 Å². The fourth-order valence-electron chi connectivity index (χ4n) is 1.14. The molecule has 0 aromatic carbocycles. The highest BCUT2D eigenvalue weighted by Gasteiger charge is 1.98. The second-order valence-electron chi connectivity index (χ2n) is 2.87. The maximum atomic E-state index is 4.19. The summed E-state index contributed by atoms with van der Waals surface area (Å²) < 4.78 is 1.74. The Morgan fingerprint density at radius 3 is 3.00 bits per heavy atom. The number of hydrogen-bond acceptors (Lipinski definition) is 3. The SMILES string of the molecule is C=Cc1cn(Cc2ccccn2)nn1. The molecule has 0 aliphatic heterocycles. The molecule has 70 valence electrons. The van der Waals surface area contributed by atoms with E-state index in [4.69, 9.17) is 0 Å². The Kier molecular flexibility index (Phi) is 2.36. The Bertz CT molecular complexity index is 419. The van der Waals surface area contributed by atoms with Crippen molar-refractivity contribution in [2.24, 2.45) is 0 Å². The van der Waals surface area contributed by atoms with Gasteiger partial charge in [0.2, 0.25) is 0 Å². The highest BCUT2D eigenvalue weighted by molar-refractivity contribution is 5.38. The molecule has 2 aromatic heterocycles. The van der Waals surface area contributed by atoms with Crippen LogP contribution in [0.3, 0.4) is 0 Å². The number of pyridine rings is 1. The summed E-state index contributed by atoms with van der Waals surface area (Å²) in [6, 6.07) is 5.79. The smallest absolute Gasteiger partial charge is 0.105 e. The molecule has 0 spiro atoms. The van der Waals surface area contributed by atoms with Gasteiger partial charge in [-0.25, -0.2) is 4.68 Å². The Hall–Kier alpha value is -1.97. The summed E-state index contributed by atoms with van der Waals surface area (Å²) in [7, 11) is 0. The van der Waals surface area contributed by atoms with Crippen LogP contribution >= 0.6 is 0 Å². The topological polar surface area (TPSA) is 43.6 Å². The van der Waals surface area contributed by atoms with Crippen LogP contribution in [0, 0.1) is 0 Å². The monoisotopic (exact) mass is 186 g/mol. The average molecular weight is 186 g/mol. The summed E-state index contributed by atoms with van der Waals surface area (Å²) in [5.41, 5.74) is 1.74. The molecule has 0 aliphatic carbocycles. The van der Waals surface area contributed by atoms with Crippen LogP contribution in [0.5, 0.6) is 0 Å². The Morgan fingerprint density at radius 1 is 1.43 bits per heavy atom. The third-order valence-electron chi connectivity index (χ3n) is 1.82. The molecule has 0 atom stereocenters. The molecule has 0 bridgehead atoms. The second kappa shape index (κ2) is 3.83. The number of nitrogens with zero attached hydrogens (tertiary/aromatic N) is 4. The zero-order chi connectivity index (χ0) is 9.80. The van der Waals surface area contributed by atoms with Crippen LogP contribution < -0.4 is 0 Å². The largest absolute Gasteiger partial charge is 0.259 e. The predicted octanol–water partition coefficient (Wildman–Crippen LogP) is 1.36. The summed E-state index contributed by atoms with van der Waals surface area (Å²) in [4.78, 5) is 4.19. The number of hydrogen-bond donors (Lipinski definition) is 0. The van der Waals surface area contributed by atoms with Gasteiger partial charge in [-0.05, 0) is 18.2 Å². The normalized spacial score (nSPS) is 10.0. The molecule has 0 fully saturated rings. The highest BCUT2D eigenvalue weighted by Crippen LogP contribution is 1.99. The molecule has 0 saturated heterocycles. The minimum absolute atomic E-state index is 0.641. The molecule has 2 rings (SSSR count). The van der Waals surface area contributed by atoms with Gasteiger partial charge < -0.3 is 0 Å². The molecule has 4 heteroatoms. The number of rotatable bonds is 3. The third-order valence-corrected chi connectivity index (χ3v) is 1.82. The summed E-state index contributed by atoms with van der Waals surface area (Å²) in [6.07, 6.45) is 5.27. The van der Waals surface area contributed by atoms with E-state index in [1.165, 1.54) is 0 Å². The van der Waals surface area contributed by atoms with Crippen LogP contribution in [0.2, 0.25) is 0 Å². The minimum atomic E-state index is 0.641. The van der Waals surface area contributed by atoms with Gasteiger partial charge in [0.15, 0.2) is 0 Å². The maximum absolute atomic E-state index is 4.19. The molecular weight excluding hydrogens is 176 g/mol. The summed E-state index contributed by atoms with van der Waals surface area (Å²) in [5, 5.41) is 7.84. The lowest BCUT2D eigenvalue weighted by atomic mass is 10.3. The van der Waals surface area contributed by atoms with E-state index in [0.717, 1.165) is 11.4 Å². The van der Waals surface area contributed by atoms with Crippen molar-refractivity contribution in [3.8, 4) is 0 Å². The van der Waals surface area contributed by atoms with Crippen LogP contribution in [0.15, 0.2) is 37.2 Å². The van der Waals surface area contributed by atoms with Gasteiger partial charge in [-0.1, -0.05) is 17.9 Å². The van der Waals surface area contributed by atoms with Crippen LogP contribution in [0.1, 0.15) is 11.4 Å². The second-order valence-corrected chi connectivity index (χ2v) is 2.87. The van der Waals surface area contributed by atoms with E-state index in [-0.39, 0.29) is 0 Å². The molecule has 0 N–H and O–H groups in total. The summed E-state index contributed by atoms with van der Waals surface area (Å²) in [6.45, 7) is 4.26. The van der Waals surface area contributed by atoms with Gasteiger partial charge in [-0.2, -0.15) is 0 Å². The Balaban J connectivity index is 2.15. The molecule has 0 unspecified atom stereocenters.